The van der Waals surface area contributed by atoms with E-state index in [4.69, 9.17) is 27.9 Å². The van der Waals surface area contributed by atoms with E-state index in [0.717, 1.165) is 30.6 Å². The van der Waals surface area contributed by atoms with Gasteiger partial charge in [0, 0.05) is 13.1 Å². The van der Waals surface area contributed by atoms with Crippen molar-refractivity contribution >= 4 is 23.1 Å². The van der Waals surface area contributed by atoms with Crippen LogP contribution in [0.5, 0.6) is 5.75 Å². The standard InChI is InChI=1S/C13H19ClFN5O/c1-21-12-9(14)7-8-3-2-5-20(6-4-15)11(8)10(12)13(16)18-19-17/h7,19H,2-6,17H2,1H3,(H2,16,18). The molecule has 0 spiro atoms. The number of anilines is 1. The topological polar surface area (TPSA) is 88.9 Å². The highest BCUT2D eigenvalue weighted by Crippen LogP contribution is 2.41. The van der Waals surface area contributed by atoms with E-state index in [1.807, 2.05) is 11.0 Å². The second-order valence-electron chi connectivity index (χ2n) is 4.68. The molecule has 1 aromatic rings. The van der Waals surface area contributed by atoms with Crippen molar-refractivity contribution in [1.82, 2.24) is 5.53 Å². The summed E-state index contributed by atoms with van der Waals surface area (Å²) in [4.78, 5) is 1.94. The molecule has 0 aliphatic carbocycles. The summed E-state index contributed by atoms with van der Waals surface area (Å²) in [5, 5.41) is 4.26. The van der Waals surface area contributed by atoms with E-state index in [1.165, 1.54) is 7.11 Å². The Balaban J connectivity index is 2.68. The molecule has 0 saturated carbocycles. The normalized spacial score (nSPS) is 14.9. The molecule has 1 aromatic carbocycles. The highest BCUT2D eigenvalue weighted by molar-refractivity contribution is 6.33. The van der Waals surface area contributed by atoms with Gasteiger partial charge in [0.25, 0.3) is 0 Å². The molecule has 0 atom stereocenters. The third-order valence-electron chi connectivity index (χ3n) is 3.48. The number of halogens is 2. The van der Waals surface area contributed by atoms with Crippen molar-refractivity contribution < 1.29 is 9.13 Å². The summed E-state index contributed by atoms with van der Waals surface area (Å²) in [6.07, 6.45) is 1.78. The molecule has 2 rings (SSSR count). The van der Waals surface area contributed by atoms with E-state index in [9.17, 15) is 4.39 Å². The highest BCUT2D eigenvalue weighted by atomic mass is 35.5. The fraction of sp³-hybridized carbons (Fsp3) is 0.462. The van der Waals surface area contributed by atoms with Gasteiger partial charge in [-0.05, 0) is 24.5 Å². The largest absolute Gasteiger partial charge is 0.494 e. The third kappa shape index (κ3) is 2.98. The first-order chi connectivity index (χ1) is 10.1. The van der Waals surface area contributed by atoms with Gasteiger partial charge in [-0.3, -0.25) is 0 Å². The predicted molar refractivity (Wildman–Crippen MR) is 82.6 cm³/mol. The average Bonchev–Trinajstić information content (AvgIpc) is 2.46. The number of rotatable bonds is 5. The molecule has 116 valence electrons. The summed E-state index contributed by atoms with van der Waals surface area (Å²) >= 11 is 6.26. The van der Waals surface area contributed by atoms with Gasteiger partial charge < -0.3 is 15.4 Å². The van der Waals surface area contributed by atoms with Crippen molar-refractivity contribution in [2.24, 2.45) is 16.7 Å². The van der Waals surface area contributed by atoms with E-state index in [2.05, 4.69) is 10.6 Å². The van der Waals surface area contributed by atoms with Crippen LogP contribution in [0.25, 0.3) is 0 Å². The van der Waals surface area contributed by atoms with Crippen molar-refractivity contribution in [3.8, 4) is 5.75 Å². The van der Waals surface area contributed by atoms with E-state index >= 15 is 0 Å². The number of nitrogens with zero attached hydrogens (tertiary/aromatic N) is 2. The number of nitrogens with one attached hydrogen (secondary N) is 1. The summed E-state index contributed by atoms with van der Waals surface area (Å²) in [6.45, 7) is 0.585. The Labute approximate surface area is 127 Å². The van der Waals surface area contributed by atoms with Crippen LogP contribution in [0.3, 0.4) is 0 Å². The number of ether oxygens (including phenoxy) is 1. The molecule has 0 unspecified atom stereocenters. The Morgan fingerprint density at radius 3 is 3.00 bits per heavy atom. The van der Waals surface area contributed by atoms with Gasteiger partial charge in [-0.25, -0.2) is 15.8 Å². The average molecular weight is 316 g/mol. The molecule has 6 nitrogen and oxygen atoms in total. The smallest absolute Gasteiger partial charge is 0.158 e. The zero-order chi connectivity index (χ0) is 15.4. The molecular weight excluding hydrogens is 297 g/mol. The van der Waals surface area contributed by atoms with Crippen LogP contribution in [0.15, 0.2) is 11.2 Å². The van der Waals surface area contributed by atoms with Crippen molar-refractivity contribution in [3.05, 3.63) is 22.2 Å². The van der Waals surface area contributed by atoms with Gasteiger partial charge in [0.05, 0.1) is 23.4 Å². The van der Waals surface area contributed by atoms with Crippen molar-refractivity contribution in [2.75, 3.05) is 31.8 Å². The zero-order valence-corrected chi connectivity index (χ0v) is 12.6. The van der Waals surface area contributed by atoms with Crippen molar-refractivity contribution in [2.45, 2.75) is 12.8 Å². The number of benzene rings is 1. The lowest BCUT2D eigenvalue weighted by molar-refractivity contribution is 0.413. The molecule has 0 saturated heterocycles. The van der Waals surface area contributed by atoms with Gasteiger partial charge >= 0.3 is 0 Å². The molecule has 0 fully saturated rings. The molecule has 1 aliphatic heterocycles. The Kier molecular flexibility index (Phi) is 5.08. The number of nitrogens with two attached hydrogens (primary N) is 2. The molecular formula is C13H19ClFN5O. The number of fused-ring (bicyclic) bond motifs is 1. The van der Waals surface area contributed by atoms with Crippen LogP contribution >= 0.6 is 11.6 Å². The van der Waals surface area contributed by atoms with Gasteiger partial charge in [0.2, 0.25) is 0 Å². The van der Waals surface area contributed by atoms with Crippen LogP contribution in [0.2, 0.25) is 5.02 Å². The SMILES string of the molecule is COc1c(Cl)cc2c(c1/C(N)=N/NN)N(CCF)CCC2. The fourth-order valence-corrected chi connectivity index (χ4v) is 2.99. The number of alkyl halides is 1. The molecule has 0 amide bonds. The lowest BCUT2D eigenvalue weighted by Crippen LogP contribution is -2.35. The van der Waals surface area contributed by atoms with Crippen molar-refractivity contribution in [1.29, 1.82) is 0 Å². The Hall–Kier alpha value is -1.73. The van der Waals surface area contributed by atoms with E-state index in [-0.39, 0.29) is 12.4 Å². The zero-order valence-electron chi connectivity index (χ0n) is 11.8. The first-order valence-corrected chi connectivity index (χ1v) is 7.01. The van der Waals surface area contributed by atoms with Crippen molar-refractivity contribution in [3.63, 3.8) is 0 Å². The van der Waals surface area contributed by atoms with Gasteiger partial charge in [0.1, 0.15) is 6.67 Å². The number of hydrogen-bond acceptors (Lipinski definition) is 5. The maximum Gasteiger partial charge on any atom is 0.158 e. The molecule has 5 N–H and O–H groups in total. The van der Waals surface area contributed by atoms with Gasteiger partial charge in [-0.15, -0.1) is 5.10 Å². The number of hydrazine groups is 1. The minimum absolute atomic E-state index is 0.152. The first kappa shape index (κ1) is 15.7. The lowest BCUT2D eigenvalue weighted by Gasteiger charge is -2.33. The van der Waals surface area contributed by atoms with Crippen LogP contribution in [0, 0.1) is 0 Å². The summed E-state index contributed by atoms with van der Waals surface area (Å²) in [5.74, 6) is 5.77. The molecule has 0 radical (unpaired) electrons. The molecule has 21 heavy (non-hydrogen) atoms. The Bertz CT molecular complexity index is 552. The van der Waals surface area contributed by atoms with E-state index in [1.54, 1.807) is 0 Å². The second kappa shape index (κ2) is 6.82. The van der Waals surface area contributed by atoms with Gasteiger partial charge in [-0.2, -0.15) is 0 Å². The van der Waals surface area contributed by atoms with Crippen LogP contribution in [-0.2, 0) is 6.42 Å². The number of amidine groups is 1. The number of hydrazone groups is 1. The number of aryl methyl sites for hydroxylation is 1. The molecule has 0 bridgehead atoms. The van der Waals surface area contributed by atoms with Gasteiger partial charge in [0.15, 0.2) is 11.6 Å². The quantitative estimate of drug-likeness (QED) is 0.328. The molecule has 1 aliphatic rings. The molecule has 0 aromatic heterocycles. The first-order valence-electron chi connectivity index (χ1n) is 6.63. The second-order valence-corrected chi connectivity index (χ2v) is 5.09. The minimum Gasteiger partial charge on any atom is -0.494 e. The van der Waals surface area contributed by atoms with Gasteiger partial charge in [-0.1, -0.05) is 11.6 Å². The van der Waals surface area contributed by atoms with E-state index in [0.29, 0.717) is 16.3 Å². The third-order valence-corrected chi connectivity index (χ3v) is 3.76. The molecule has 1 heterocycles. The fourth-order valence-electron chi connectivity index (χ4n) is 2.69. The lowest BCUT2D eigenvalue weighted by atomic mass is 9.96. The predicted octanol–water partition coefficient (Wildman–Crippen LogP) is 1.15. The van der Waals surface area contributed by atoms with Crippen LogP contribution in [-0.4, -0.2) is 32.7 Å². The van der Waals surface area contributed by atoms with Crippen LogP contribution in [0.1, 0.15) is 17.5 Å². The molecule has 8 heteroatoms. The minimum atomic E-state index is -0.448. The number of hydrogen-bond donors (Lipinski definition) is 3. The maximum absolute atomic E-state index is 12.8. The highest BCUT2D eigenvalue weighted by Gasteiger charge is 2.27. The van der Waals surface area contributed by atoms with Crippen LogP contribution in [0.4, 0.5) is 10.1 Å². The summed E-state index contributed by atoms with van der Waals surface area (Å²) in [7, 11) is 1.50. The maximum atomic E-state index is 12.8. The summed E-state index contributed by atoms with van der Waals surface area (Å²) < 4.78 is 18.2. The van der Waals surface area contributed by atoms with Crippen LogP contribution < -0.4 is 26.7 Å². The monoisotopic (exact) mass is 315 g/mol. The summed E-state index contributed by atoms with van der Waals surface area (Å²) in [5.41, 5.74) is 10.5. The summed E-state index contributed by atoms with van der Waals surface area (Å²) in [6, 6.07) is 1.84. The van der Waals surface area contributed by atoms with E-state index < -0.39 is 6.67 Å². The Morgan fingerprint density at radius 2 is 2.38 bits per heavy atom. The number of methoxy groups -OCH3 is 1. The Morgan fingerprint density at radius 1 is 1.62 bits per heavy atom.